The second-order valence-corrected chi connectivity index (χ2v) is 10.3. The van der Waals surface area contributed by atoms with Gasteiger partial charge >= 0.3 is 0 Å². The minimum absolute atomic E-state index is 0.761. The van der Waals surface area contributed by atoms with Crippen LogP contribution in [-0.4, -0.2) is 16.9 Å². The van der Waals surface area contributed by atoms with Crippen molar-refractivity contribution in [3.63, 3.8) is 0 Å². The summed E-state index contributed by atoms with van der Waals surface area (Å²) in [5.41, 5.74) is 11.3. The van der Waals surface area contributed by atoms with Crippen LogP contribution < -0.4 is 5.32 Å². The van der Waals surface area contributed by atoms with Crippen LogP contribution >= 0.6 is 0 Å². The van der Waals surface area contributed by atoms with E-state index in [9.17, 15) is 0 Å². The van der Waals surface area contributed by atoms with Crippen molar-refractivity contribution < 1.29 is 0 Å². The van der Waals surface area contributed by atoms with Crippen molar-refractivity contribution in [2.24, 2.45) is 4.99 Å². The standard InChI is InChI=1S/C23H19N3.C14H14/c1-16-14-24-23(25-15-16)17-10-12-18(13-11-17)26-21-8-4-2-6-19(21)20-7-3-5-9-22(20)26;1-11-7-3-5-9-13(11)14-10-6-4-8-12(14)2/h2-14H,15H2,1H3,(H,24,25);3-10H,1-2H3. The van der Waals surface area contributed by atoms with Gasteiger partial charge in [0.15, 0.2) is 0 Å². The molecule has 1 aliphatic rings. The molecule has 0 saturated carbocycles. The van der Waals surface area contributed by atoms with Crippen LogP contribution in [-0.2, 0) is 0 Å². The third-order valence-electron chi connectivity index (χ3n) is 7.50. The summed E-state index contributed by atoms with van der Waals surface area (Å²) in [5.74, 6) is 0.935. The SMILES string of the molecule is CC1=CNC(c2ccc(-n3c4ccccc4c4ccccc43)cc2)=NC1.Cc1ccccc1-c1ccccc1C. The lowest BCUT2D eigenvalue weighted by atomic mass is 9.97. The highest BCUT2D eigenvalue weighted by Crippen LogP contribution is 2.31. The third-order valence-corrected chi connectivity index (χ3v) is 7.50. The maximum Gasteiger partial charge on any atom is 0.132 e. The average molecular weight is 520 g/mol. The van der Waals surface area contributed by atoms with Gasteiger partial charge in [-0.2, -0.15) is 0 Å². The fraction of sp³-hybridized carbons (Fsp3) is 0.108. The van der Waals surface area contributed by atoms with Crippen LogP contribution in [0, 0.1) is 13.8 Å². The first-order valence-corrected chi connectivity index (χ1v) is 13.8. The highest BCUT2D eigenvalue weighted by atomic mass is 15.0. The number of fused-ring (bicyclic) bond motifs is 3. The van der Waals surface area contributed by atoms with E-state index in [0.29, 0.717) is 0 Å². The second kappa shape index (κ2) is 11.1. The Kier molecular flexibility index (Phi) is 7.03. The molecule has 0 amide bonds. The van der Waals surface area contributed by atoms with E-state index in [1.54, 1.807) is 0 Å². The van der Waals surface area contributed by atoms with E-state index in [0.717, 1.165) is 23.6 Å². The molecular weight excluding hydrogens is 486 g/mol. The number of aromatic nitrogens is 1. The molecule has 196 valence electrons. The number of hydrogen-bond donors (Lipinski definition) is 1. The minimum Gasteiger partial charge on any atom is -0.346 e. The van der Waals surface area contributed by atoms with Gasteiger partial charge in [-0.1, -0.05) is 84.9 Å². The van der Waals surface area contributed by atoms with Crippen LogP contribution in [0.5, 0.6) is 0 Å². The van der Waals surface area contributed by atoms with Gasteiger partial charge in [0.2, 0.25) is 0 Å². The summed E-state index contributed by atoms with van der Waals surface area (Å²) < 4.78 is 2.33. The summed E-state index contributed by atoms with van der Waals surface area (Å²) in [7, 11) is 0. The van der Waals surface area contributed by atoms with Gasteiger partial charge in [0.05, 0.1) is 17.6 Å². The number of para-hydroxylation sites is 2. The van der Waals surface area contributed by atoms with E-state index in [-0.39, 0.29) is 0 Å². The molecule has 3 heteroatoms. The summed E-state index contributed by atoms with van der Waals surface area (Å²) in [6, 6.07) is 42.8. The molecule has 0 radical (unpaired) electrons. The predicted octanol–water partition coefficient (Wildman–Crippen LogP) is 9.01. The van der Waals surface area contributed by atoms with E-state index in [2.05, 4.69) is 157 Å². The van der Waals surface area contributed by atoms with Crippen LogP contribution in [0.4, 0.5) is 0 Å². The fourth-order valence-electron chi connectivity index (χ4n) is 5.38. The van der Waals surface area contributed by atoms with Gasteiger partial charge in [0.25, 0.3) is 0 Å². The monoisotopic (exact) mass is 519 g/mol. The first-order chi connectivity index (χ1) is 19.6. The number of nitrogens with zero attached hydrogens (tertiary/aromatic N) is 2. The quantitative estimate of drug-likeness (QED) is 0.248. The molecule has 1 N–H and O–H groups in total. The zero-order valence-corrected chi connectivity index (χ0v) is 23.2. The maximum absolute atomic E-state index is 4.60. The molecular formula is C37H33N3. The van der Waals surface area contributed by atoms with E-state index < -0.39 is 0 Å². The Morgan fingerprint density at radius 2 is 1.07 bits per heavy atom. The lowest BCUT2D eigenvalue weighted by Gasteiger charge is -2.14. The summed E-state index contributed by atoms with van der Waals surface area (Å²) in [5, 5.41) is 5.85. The van der Waals surface area contributed by atoms with Gasteiger partial charge in [-0.3, -0.25) is 4.99 Å². The van der Waals surface area contributed by atoms with Crippen LogP contribution in [0.2, 0.25) is 0 Å². The molecule has 0 atom stereocenters. The zero-order valence-electron chi connectivity index (χ0n) is 23.2. The minimum atomic E-state index is 0.761. The van der Waals surface area contributed by atoms with E-state index in [1.165, 1.54) is 49.6 Å². The molecule has 7 rings (SSSR count). The molecule has 0 aliphatic carbocycles. The Labute approximate surface area is 236 Å². The molecule has 0 bridgehead atoms. The molecule has 0 unspecified atom stereocenters. The van der Waals surface area contributed by atoms with Crippen molar-refractivity contribution >= 4 is 27.6 Å². The summed E-state index contributed by atoms with van der Waals surface area (Å²) in [4.78, 5) is 4.60. The predicted molar refractivity (Wildman–Crippen MR) is 170 cm³/mol. The van der Waals surface area contributed by atoms with Gasteiger partial charge in [-0.15, -0.1) is 0 Å². The molecule has 0 spiro atoms. The smallest absolute Gasteiger partial charge is 0.132 e. The van der Waals surface area contributed by atoms with Crippen molar-refractivity contribution in [2.45, 2.75) is 20.8 Å². The van der Waals surface area contributed by atoms with Crippen LogP contribution in [0.1, 0.15) is 23.6 Å². The molecule has 40 heavy (non-hydrogen) atoms. The second-order valence-electron chi connectivity index (χ2n) is 10.3. The Hall–Kier alpha value is -4.89. The number of nitrogens with one attached hydrogen (secondary N) is 1. The number of aliphatic imine (C=N–C) groups is 1. The Balaban J connectivity index is 0.000000175. The first-order valence-electron chi connectivity index (χ1n) is 13.8. The lowest BCUT2D eigenvalue weighted by Crippen LogP contribution is -2.23. The van der Waals surface area contributed by atoms with Crippen molar-refractivity contribution in [3.05, 3.63) is 150 Å². The first kappa shape index (κ1) is 25.4. The number of hydrogen-bond acceptors (Lipinski definition) is 2. The van der Waals surface area contributed by atoms with Crippen molar-refractivity contribution in [3.8, 4) is 16.8 Å². The summed E-state index contributed by atoms with van der Waals surface area (Å²) >= 11 is 0. The highest BCUT2D eigenvalue weighted by molar-refractivity contribution is 6.09. The van der Waals surface area contributed by atoms with Crippen molar-refractivity contribution in [2.75, 3.05) is 6.54 Å². The number of aryl methyl sites for hydroxylation is 2. The molecule has 2 heterocycles. The van der Waals surface area contributed by atoms with Gasteiger partial charge in [-0.25, -0.2) is 0 Å². The number of benzene rings is 5. The zero-order chi connectivity index (χ0) is 27.5. The largest absolute Gasteiger partial charge is 0.346 e. The molecule has 6 aromatic rings. The molecule has 0 saturated heterocycles. The lowest BCUT2D eigenvalue weighted by molar-refractivity contribution is 1.02. The summed E-state index contributed by atoms with van der Waals surface area (Å²) in [6.07, 6.45) is 2.03. The Morgan fingerprint density at radius 3 is 1.57 bits per heavy atom. The topological polar surface area (TPSA) is 29.3 Å². The fourth-order valence-corrected chi connectivity index (χ4v) is 5.38. The number of amidine groups is 1. The van der Waals surface area contributed by atoms with E-state index in [4.69, 9.17) is 0 Å². The normalized spacial score (nSPS) is 12.8. The van der Waals surface area contributed by atoms with E-state index >= 15 is 0 Å². The van der Waals surface area contributed by atoms with Crippen LogP contribution in [0.25, 0.3) is 38.6 Å². The third kappa shape index (κ3) is 4.94. The Bertz CT molecular complexity index is 1770. The Morgan fingerprint density at radius 1 is 0.575 bits per heavy atom. The van der Waals surface area contributed by atoms with Gasteiger partial charge in [0.1, 0.15) is 5.84 Å². The summed E-state index contributed by atoms with van der Waals surface area (Å²) in [6.45, 7) is 7.15. The van der Waals surface area contributed by atoms with Gasteiger partial charge in [-0.05, 0) is 85.0 Å². The van der Waals surface area contributed by atoms with Crippen LogP contribution in [0.15, 0.2) is 138 Å². The van der Waals surface area contributed by atoms with Crippen molar-refractivity contribution in [1.29, 1.82) is 0 Å². The van der Waals surface area contributed by atoms with Crippen molar-refractivity contribution in [1.82, 2.24) is 9.88 Å². The average Bonchev–Trinajstić information content (AvgIpc) is 3.33. The molecule has 1 aromatic heterocycles. The van der Waals surface area contributed by atoms with E-state index in [1.807, 2.05) is 6.20 Å². The molecule has 3 nitrogen and oxygen atoms in total. The highest BCUT2D eigenvalue weighted by Gasteiger charge is 2.12. The van der Waals surface area contributed by atoms with Gasteiger partial charge in [0, 0.05) is 28.2 Å². The van der Waals surface area contributed by atoms with Crippen LogP contribution in [0.3, 0.4) is 0 Å². The van der Waals surface area contributed by atoms with Gasteiger partial charge < -0.3 is 9.88 Å². The maximum atomic E-state index is 4.60. The molecule has 1 aliphatic heterocycles. The molecule has 0 fully saturated rings. The molecule has 5 aromatic carbocycles. The number of rotatable bonds is 3.